The maximum atomic E-state index is 13.5. The normalized spacial score (nSPS) is 20.6. The van der Waals surface area contributed by atoms with Crippen LogP contribution in [0.2, 0.25) is 5.02 Å². The van der Waals surface area contributed by atoms with Gasteiger partial charge in [0.15, 0.2) is 0 Å². The van der Waals surface area contributed by atoms with E-state index in [1.165, 1.54) is 22.9 Å². The van der Waals surface area contributed by atoms with Crippen LogP contribution in [0.4, 0.5) is 10.5 Å². The summed E-state index contributed by atoms with van der Waals surface area (Å²) >= 11 is 7.70. The SMILES string of the molecule is N#CCN1C(=O)N(c2cncc3cccnc23)C(=O)C2SC(c3ccccc3Cl)=CC21. The highest BCUT2D eigenvalue weighted by molar-refractivity contribution is 8.09. The molecule has 7 nitrogen and oxygen atoms in total. The lowest BCUT2D eigenvalue weighted by Gasteiger charge is -2.39. The van der Waals surface area contributed by atoms with E-state index in [1.807, 2.05) is 36.4 Å². The molecule has 1 saturated heterocycles. The molecule has 0 bridgehead atoms. The fourth-order valence-electron chi connectivity index (χ4n) is 3.85. The summed E-state index contributed by atoms with van der Waals surface area (Å²) in [5.41, 5.74) is 1.60. The van der Waals surface area contributed by atoms with Gasteiger partial charge in [0.25, 0.3) is 5.91 Å². The second-order valence-corrected chi connectivity index (χ2v) is 8.61. The van der Waals surface area contributed by atoms with Gasteiger partial charge in [0.05, 0.1) is 29.5 Å². The van der Waals surface area contributed by atoms with Crippen LogP contribution in [0.25, 0.3) is 15.8 Å². The highest BCUT2D eigenvalue weighted by Crippen LogP contribution is 2.46. The number of benzene rings is 1. The number of carbonyl (C=O) groups excluding carboxylic acids is 2. The van der Waals surface area contributed by atoms with E-state index < -0.39 is 17.3 Å². The number of carbonyl (C=O) groups is 2. The van der Waals surface area contributed by atoms with Crippen LogP contribution in [-0.4, -0.2) is 44.6 Å². The highest BCUT2D eigenvalue weighted by atomic mass is 35.5. The number of amides is 3. The third-order valence-electron chi connectivity index (χ3n) is 5.26. The molecule has 5 rings (SSSR count). The predicted octanol–water partition coefficient (Wildman–Crippen LogP) is 4.10. The number of hydrogen-bond donors (Lipinski definition) is 0. The summed E-state index contributed by atoms with van der Waals surface area (Å²) in [5.74, 6) is -0.368. The standard InChI is InChI=1S/C22H14ClN5O2S/c23-15-6-2-1-5-14(15)18-10-16-20(31-18)21(29)28(22(30)27(16)9-7-24)17-12-25-11-13-4-3-8-26-19(13)17/h1-6,8,10-12,16,20H,9H2. The summed E-state index contributed by atoms with van der Waals surface area (Å²) in [6.07, 6.45) is 6.53. The third kappa shape index (κ3) is 3.14. The molecule has 4 heterocycles. The van der Waals surface area contributed by atoms with Gasteiger partial charge in [-0.05, 0) is 24.3 Å². The zero-order valence-electron chi connectivity index (χ0n) is 16.0. The summed E-state index contributed by atoms with van der Waals surface area (Å²) in [5, 5.41) is 10.0. The Morgan fingerprint density at radius 1 is 1.16 bits per heavy atom. The maximum absolute atomic E-state index is 13.5. The van der Waals surface area contributed by atoms with Crippen molar-refractivity contribution < 1.29 is 9.59 Å². The average Bonchev–Trinajstić information content (AvgIpc) is 3.22. The fourth-order valence-corrected chi connectivity index (χ4v) is 5.51. The third-order valence-corrected chi connectivity index (χ3v) is 6.93. The van der Waals surface area contributed by atoms with Crippen molar-refractivity contribution >= 4 is 56.8 Å². The molecule has 3 aromatic rings. The minimum absolute atomic E-state index is 0.151. The summed E-state index contributed by atoms with van der Waals surface area (Å²) in [4.78, 5) is 38.7. The molecular formula is C22H14ClN5O2S. The van der Waals surface area contributed by atoms with Crippen LogP contribution >= 0.6 is 23.4 Å². The van der Waals surface area contributed by atoms with E-state index in [-0.39, 0.29) is 12.5 Å². The molecule has 0 aliphatic carbocycles. The van der Waals surface area contributed by atoms with Crippen LogP contribution in [0.15, 0.2) is 61.1 Å². The topological polar surface area (TPSA) is 90.2 Å². The Hall–Kier alpha value is -3.41. The quantitative estimate of drug-likeness (QED) is 0.561. The van der Waals surface area contributed by atoms with Crippen LogP contribution in [0.3, 0.4) is 0 Å². The van der Waals surface area contributed by atoms with Gasteiger partial charge in [-0.2, -0.15) is 5.26 Å². The first kappa shape index (κ1) is 19.5. The van der Waals surface area contributed by atoms with Gasteiger partial charge >= 0.3 is 6.03 Å². The average molecular weight is 448 g/mol. The molecule has 1 aromatic carbocycles. The first-order valence-corrected chi connectivity index (χ1v) is 10.7. The molecule has 2 aliphatic heterocycles. The molecule has 2 atom stereocenters. The predicted molar refractivity (Wildman–Crippen MR) is 119 cm³/mol. The number of nitrogens with zero attached hydrogens (tertiary/aromatic N) is 5. The second-order valence-electron chi connectivity index (χ2n) is 7.02. The number of urea groups is 1. The van der Waals surface area contributed by atoms with Crippen LogP contribution in [0.5, 0.6) is 0 Å². The van der Waals surface area contributed by atoms with E-state index in [4.69, 9.17) is 11.6 Å². The summed E-state index contributed by atoms with van der Waals surface area (Å²) in [7, 11) is 0. The Morgan fingerprint density at radius 3 is 2.81 bits per heavy atom. The Morgan fingerprint density at radius 2 is 2.00 bits per heavy atom. The Bertz CT molecular complexity index is 1300. The lowest BCUT2D eigenvalue weighted by Crippen LogP contribution is -2.62. The van der Waals surface area contributed by atoms with Crippen molar-refractivity contribution in [1.29, 1.82) is 5.26 Å². The van der Waals surface area contributed by atoms with Crippen molar-refractivity contribution in [3.05, 3.63) is 71.7 Å². The molecule has 31 heavy (non-hydrogen) atoms. The minimum Gasteiger partial charge on any atom is -0.302 e. The zero-order valence-corrected chi connectivity index (χ0v) is 17.5. The van der Waals surface area contributed by atoms with E-state index in [9.17, 15) is 14.9 Å². The fraction of sp³-hybridized carbons (Fsp3) is 0.136. The van der Waals surface area contributed by atoms with Crippen LogP contribution in [-0.2, 0) is 4.79 Å². The van der Waals surface area contributed by atoms with Crippen molar-refractivity contribution in [3.63, 3.8) is 0 Å². The number of halogens is 1. The molecule has 1 fully saturated rings. The largest absolute Gasteiger partial charge is 0.332 e. The van der Waals surface area contributed by atoms with E-state index in [0.29, 0.717) is 21.6 Å². The van der Waals surface area contributed by atoms with Gasteiger partial charge in [0, 0.05) is 33.3 Å². The van der Waals surface area contributed by atoms with Crippen molar-refractivity contribution in [2.75, 3.05) is 11.4 Å². The van der Waals surface area contributed by atoms with Crippen LogP contribution in [0.1, 0.15) is 5.56 Å². The van der Waals surface area contributed by atoms with E-state index >= 15 is 0 Å². The summed E-state index contributed by atoms with van der Waals surface area (Å²) in [6, 6.07) is 11.9. The first-order chi connectivity index (χ1) is 15.1. The number of anilines is 1. The molecule has 9 heteroatoms. The van der Waals surface area contributed by atoms with Gasteiger partial charge in [-0.25, -0.2) is 9.69 Å². The van der Waals surface area contributed by atoms with Gasteiger partial charge in [-0.15, -0.1) is 11.8 Å². The number of aromatic nitrogens is 2. The van der Waals surface area contributed by atoms with Gasteiger partial charge in [-0.3, -0.25) is 14.8 Å². The first-order valence-electron chi connectivity index (χ1n) is 9.44. The molecule has 2 aromatic heterocycles. The molecular weight excluding hydrogens is 434 g/mol. The van der Waals surface area contributed by atoms with Gasteiger partial charge in [-0.1, -0.05) is 29.8 Å². The van der Waals surface area contributed by atoms with E-state index in [2.05, 4.69) is 9.97 Å². The molecule has 0 radical (unpaired) electrons. The maximum Gasteiger partial charge on any atom is 0.332 e. The second kappa shape index (κ2) is 7.69. The van der Waals surface area contributed by atoms with Crippen molar-refractivity contribution in [3.8, 4) is 6.07 Å². The number of pyridine rings is 2. The summed E-state index contributed by atoms with van der Waals surface area (Å²) < 4.78 is 0. The number of imide groups is 1. The number of nitriles is 1. The van der Waals surface area contributed by atoms with Gasteiger partial charge in [0.2, 0.25) is 0 Å². The van der Waals surface area contributed by atoms with Crippen molar-refractivity contribution in [1.82, 2.24) is 14.9 Å². The zero-order chi connectivity index (χ0) is 21.5. The smallest absolute Gasteiger partial charge is 0.302 e. The van der Waals surface area contributed by atoms with Crippen LogP contribution in [0, 0.1) is 11.3 Å². The lowest BCUT2D eigenvalue weighted by molar-refractivity contribution is -0.119. The molecule has 0 spiro atoms. The Kier molecular flexibility index (Phi) is 4.85. The Labute approximate surface area is 186 Å². The molecule has 2 unspecified atom stereocenters. The number of fused-ring (bicyclic) bond motifs is 2. The number of thioether (sulfide) groups is 1. The highest BCUT2D eigenvalue weighted by Gasteiger charge is 2.50. The van der Waals surface area contributed by atoms with Gasteiger partial charge < -0.3 is 4.90 Å². The van der Waals surface area contributed by atoms with Crippen LogP contribution < -0.4 is 4.90 Å². The molecule has 2 aliphatic rings. The lowest BCUT2D eigenvalue weighted by atomic mass is 10.0. The van der Waals surface area contributed by atoms with E-state index in [0.717, 1.165) is 15.4 Å². The number of hydrogen-bond acceptors (Lipinski definition) is 6. The molecule has 0 saturated carbocycles. The number of rotatable bonds is 3. The van der Waals surface area contributed by atoms with Gasteiger partial charge in [0.1, 0.15) is 11.8 Å². The molecule has 152 valence electrons. The summed E-state index contributed by atoms with van der Waals surface area (Å²) in [6.45, 7) is -0.151. The molecule has 3 amide bonds. The monoisotopic (exact) mass is 447 g/mol. The molecule has 0 N–H and O–H groups in total. The van der Waals surface area contributed by atoms with Crippen molar-refractivity contribution in [2.45, 2.75) is 11.3 Å². The minimum atomic E-state index is -0.601. The Balaban J connectivity index is 1.60. The van der Waals surface area contributed by atoms with E-state index in [1.54, 1.807) is 24.5 Å². The van der Waals surface area contributed by atoms with Crippen molar-refractivity contribution in [2.24, 2.45) is 0 Å².